The van der Waals surface area contributed by atoms with E-state index in [1.54, 1.807) is 13.8 Å². The van der Waals surface area contributed by atoms with Crippen molar-refractivity contribution in [2.75, 3.05) is 14.1 Å². The number of carbonyl (C=O) groups is 6. The van der Waals surface area contributed by atoms with Crippen molar-refractivity contribution in [2.45, 2.75) is 118 Å². The lowest BCUT2D eigenvalue weighted by Gasteiger charge is -2.31. The second-order valence-corrected chi connectivity index (χ2v) is 14.1. The van der Waals surface area contributed by atoms with Gasteiger partial charge >= 0.3 is 12.1 Å². The third-order valence-electron chi connectivity index (χ3n) is 7.90. The fourth-order valence-electron chi connectivity index (χ4n) is 5.03. The zero-order valence-electron chi connectivity index (χ0n) is 32.5. The first kappa shape index (κ1) is 48.5. The lowest BCUT2D eigenvalue weighted by atomic mass is 9.96. The molecule has 0 aliphatic carbocycles. The van der Waals surface area contributed by atoms with Crippen LogP contribution in [0.25, 0.3) is 0 Å². The number of carboxylic acids is 1. The molecule has 0 radical (unpaired) electrons. The number of nitrogens with zero attached hydrogens (tertiary/aromatic N) is 1. The summed E-state index contributed by atoms with van der Waals surface area (Å²) in [5.74, 6) is -4.25. The van der Waals surface area contributed by atoms with Crippen LogP contribution in [0.1, 0.15) is 80.2 Å². The van der Waals surface area contributed by atoms with Crippen LogP contribution < -0.4 is 26.6 Å². The maximum absolute atomic E-state index is 13.5. The highest BCUT2D eigenvalue weighted by molar-refractivity contribution is 5.94. The van der Waals surface area contributed by atoms with E-state index < -0.39 is 60.1 Å². The van der Waals surface area contributed by atoms with Crippen molar-refractivity contribution in [1.29, 1.82) is 0 Å². The SMILES string of the molecule is CC[C@H](C)[C@@H](C(=O)N[C@@H](CC(C)C)C(=O)N[C@@H](CC(C)C)C(=O)N[C@@H](C)/C=C/C(=O)N[C@@H](C)C(=O)NCc1ccccc1)N(C)C.O=C(O)C(F)(F)F. The molecule has 0 aliphatic rings. The summed E-state index contributed by atoms with van der Waals surface area (Å²) in [7, 11) is 3.70. The molecular formula is C37H59F3N6O7. The standard InChI is InChI=1S/C35H58N6O5.C2HF3O2/c1-11-24(6)31(41(9)10)35(46)40-29(20-23(4)5)34(45)39-28(19-22(2)3)33(44)37-25(7)17-18-30(42)38-26(8)32(43)36-21-27-15-13-12-14-16-27;3-2(4,5)1(6)7/h12-18,22-26,28-29,31H,11,19-21H2,1-10H3,(H,36,43)(H,37,44)(H,38,42)(H,39,45)(H,40,46);(H,6,7)/b18-17+;/t24-,25-,26-,28-,29-,31-;/m0./s1. The van der Waals surface area contributed by atoms with E-state index in [0.29, 0.717) is 19.4 Å². The van der Waals surface area contributed by atoms with Crippen molar-refractivity contribution in [3.63, 3.8) is 0 Å². The molecule has 6 atom stereocenters. The molecule has 0 aliphatic heterocycles. The summed E-state index contributed by atoms with van der Waals surface area (Å²) < 4.78 is 31.7. The molecule has 0 unspecified atom stereocenters. The molecule has 1 aromatic carbocycles. The smallest absolute Gasteiger partial charge is 0.475 e. The van der Waals surface area contributed by atoms with E-state index in [4.69, 9.17) is 9.90 Å². The number of benzene rings is 1. The van der Waals surface area contributed by atoms with E-state index in [-0.39, 0.29) is 29.6 Å². The number of alkyl halides is 3. The third kappa shape index (κ3) is 20.4. The van der Waals surface area contributed by atoms with E-state index in [2.05, 4.69) is 26.6 Å². The average Bonchev–Trinajstić information content (AvgIpc) is 3.05. The minimum absolute atomic E-state index is 0.0915. The van der Waals surface area contributed by atoms with Gasteiger partial charge in [0.2, 0.25) is 29.5 Å². The molecule has 0 bridgehead atoms. The van der Waals surface area contributed by atoms with Crippen LogP contribution in [0.5, 0.6) is 0 Å². The van der Waals surface area contributed by atoms with E-state index in [0.717, 1.165) is 12.0 Å². The van der Waals surface area contributed by atoms with Crippen LogP contribution in [0, 0.1) is 17.8 Å². The summed E-state index contributed by atoms with van der Waals surface area (Å²) in [6.45, 7) is 15.6. The van der Waals surface area contributed by atoms with Crippen LogP contribution in [-0.4, -0.2) is 96.0 Å². The quantitative estimate of drug-likeness (QED) is 0.116. The Morgan fingerprint density at radius 2 is 1.23 bits per heavy atom. The van der Waals surface area contributed by atoms with Crippen LogP contribution in [0.3, 0.4) is 0 Å². The van der Waals surface area contributed by atoms with Crippen LogP contribution in [0.4, 0.5) is 13.2 Å². The van der Waals surface area contributed by atoms with Gasteiger partial charge in [-0.1, -0.05) is 84.4 Å². The lowest BCUT2D eigenvalue weighted by Crippen LogP contribution is -2.57. The predicted molar refractivity (Wildman–Crippen MR) is 196 cm³/mol. The molecule has 0 fully saturated rings. The van der Waals surface area contributed by atoms with Gasteiger partial charge in [0.15, 0.2) is 0 Å². The van der Waals surface area contributed by atoms with Gasteiger partial charge in [0.1, 0.15) is 18.1 Å². The Morgan fingerprint density at radius 1 is 0.755 bits per heavy atom. The van der Waals surface area contributed by atoms with Crippen LogP contribution >= 0.6 is 0 Å². The maximum atomic E-state index is 13.5. The number of hydrogen-bond acceptors (Lipinski definition) is 7. The lowest BCUT2D eigenvalue weighted by molar-refractivity contribution is -0.192. The number of carboxylic acid groups (broad SMARTS) is 1. The second kappa shape index (κ2) is 24.0. The fourth-order valence-corrected chi connectivity index (χ4v) is 5.03. The van der Waals surface area contributed by atoms with Gasteiger partial charge in [-0.2, -0.15) is 13.2 Å². The monoisotopic (exact) mass is 756 g/mol. The molecule has 5 amide bonds. The van der Waals surface area contributed by atoms with Gasteiger partial charge in [-0.15, -0.1) is 0 Å². The molecule has 0 spiro atoms. The van der Waals surface area contributed by atoms with Gasteiger partial charge in [0.05, 0.1) is 6.04 Å². The summed E-state index contributed by atoms with van der Waals surface area (Å²) in [5.41, 5.74) is 0.950. The summed E-state index contributed by atoms with van der Waals surface area (Å²) in [4.78, 5) is 75.7. The van der Waals surface area contributed by atoms with Crippen LogP contribution in [0.2, 0.25) is 0 Å². The highest BCUT2D eigenvalue weighted by atomic mass is 19.4. The first-order valence-corrected chi connectivity index (χ1v) is 17.7. The summed E-state index contributed by atoms with van der Waals surface area (Å²) >= 11 is 0. The average molecular weight is 757 g/mol. The molecule has 0 heterocycles. The van der Waals surface area contributed by atoms with Crippen LogP contribution in [0.15, 0.2) is 42.5 Å². The Balaban J connectivity index is 0.00000348. The van der Waals surface area contributed by atoms with Crippen LogP contribution in [-0.2, 0) is 35.3 Å². The van der Waals surface area contributed by atoms with Crippen molar-refractivity contribution in [1.82, 2.24) is 31.5 Å². The highest BCUT2D eigenvalue weighted by Crippen LogP contribution is 2.15. The zero-order valence-corrected chi connectivity index (χ0v) is 32.5. The van der Waals surface area contributed by atoms with Crippen molar-refractivity contribution in [3.05, 3.63) is 48.0 Å². The predicted octanol–water partition coefficient (Wildman–Crippen LogP) is 3.54. The maximum Gasteiger partial charge on any atom is 0.490 e. The Labute approximate surface area is 311 Å². The van der Waals surface area contributed by atoms with E-state index in [1.807, 2.05) is 90.9 Å². The Kier molecular flexibility index (Phi) is 21.9. The van der Waals surface area contributed by atoms with Crippen molar-refractivity contribution in [3.8, 4) is 0 Å². The Hall–Kier alpha value is -4.47. The Morgan fingerprint density at radius 3 is 1.66 bits per heavy atom. The van der Waals surface area contributed by atoms with E-state index in [1.165, 1.54) is 12.2 Å². The van der Waals surface area contributed by atoms with Gasteiger partial charge in [-0.25, -0.2) is 4.79 Å². The molecule has 0 saturated carbocycles. The molecule has 0 aromatic heterocycles. The van der Waals surface area contributed by atoms with Gasteiger partial charge in [-0.3, -0.25) is 28.9 Å². The largest absolute Gasteiger partial charge is 0.490 e. The number of rotatable bonds is 19. The number of nitrogens with one attached hydrogen (secondary N) is 5. The van der Waals surface area contributed by atoms with Crippen molar-refractivity contribution < 1.29 is 47.0 Å². The number of hydrogen-bond donors (Lipinski definition) is 6. The summed E-state index contributed by atoms with van der Waals surface area (Å²) in [6, 6.07) is 6.15. The van der Waals surface area contributed by atoms with Crippen molar-refractivity contribution in [2.24, 2.45) is 17.8 Å². The minimum Gasteiger partial charge on any atom is -0.475 e. The van der Waals surface area contributed by atoms with E-state index >= 15 is 0 Å². The molecule has 16 heteroatoms. The van der Waals surface area contributed by atoms with Gasteiger partial charge in [-0.05, 0) is 64.1 Å². The summed E-state index contributed by atoms with van der Waals surface area (Å²) in [6.07, 6.45) is -0.668. The molecular weight excluding hydrogens is 697 g/mol. The van der Waals surface area contributed by atoms with Gasteiger partial charge < -0.3 is 31.7 Å². The molecule has 53 heavy (non-hydrogen) atoms. The normalized spacial score (nSPS) is 14.9. The number of aliphatic carboxylic acids is 1. The van der Waals surface area contributed by atoms with Gasteiger partial charge in [0.25, 0.3) is 0 Å². The zero-order chi connectivity index (χ0) is 41.1. The topological polar surface area (TPSA) is 186 Å². The summed E-state index contributed by atoms with van der Waals surface area (Å²) in [5, 5.41) is 21.2. The number of amides is 5. The second-order valence-electron chi connectivity index (χ2n) is 14.1. The fraction of sp³-hybridized carbons (Fsp3) is 0.622. The third-order valence-corrected chi connectivity index (χ3v) is 7.90. The molecule has 6 N–H and O–H groups in total. The molecule has 0 saturated heterocycles. The highest BCUT2D eigenvalue weighted by Gasteiger charge is 2.38. The number of halogens is 3. The number of carbonyl (C=O) groups excluding carboxylic acids is 5. The number of likely N-dealkylation sites (N-methyl/N-ethyl adjacent to an activating group) is 1. The minimum atomic E-state index is -5.08. The van der Waals surface area contributed by atoms with Crippen molar-refractivity contribution >= 4 is 35.5 Å². The molecule has 1 aromatic rings. The van der Waals surface area contributed by atoms with E-state index in [9.17, 15) is 37.1 Å². The molecule has 13 nitrogen and oxygen atoms in total. The molecule has 1 rings (SSSR count). The molecule has 300 valence electrons. The Bertz CT molecular complexity index is 1360. The first-order chi connectivity index (χ1) is 24.5. The van der Waals surface area contributed by atoms with Gasteiger partial charge in [0, 0.05) is 18.7 Å². The first-order valence-electron chi connectivity index (χ1n) is 17.7.